The Morgan fingerprint density at radius 1 is 0.623 bits per heavy atom. The number of carboxylic acids is 1. The minimum atomic E-state index is -1.78. The number of hydrogen-bond donors (Lipinski definition) is 3. The van der Waals surface area contributed by atoms with Gasteiger partial charge in [0.1, 0.15) is 28.5 Å². The maximum Gasteiger partial charge on any atom is 1.00 e. The molecule has 2 aliphatic heterocycles. The van der Waals surface area contributed by atoms with Crippen LogP contribution in [0.5, 0.6) is 23.3 Å². The van der Waals surface area contributed by atoms with Crippen LogP contribution in [0, 0.1) is 0 Å². The summed E-state index contributed by atoms with van der Waals surface area (Å²) in [6.45, 7) is 7.40. The van der Waals surface area contributed by atoms with Crippen molar-refractivity contribution in [2.45, 2.75) is 48.2 Å². The number of carbonyl (C=O) groups excluding carboxylic acids is 6. The van der Waals surface area contributed by atoms with Gasteiger partial charge in [-0.1, -0.05) is 58.7 Å². The van der Waals surface area contributed by atoms with Crippen LogP contribution < -0.4 is 80.8 Å². The van der Waals surface area contributed by atoms with E-state index in [2.05, 4.69) is 32.2 Å². The van der Waals surface area contributed by atoms with E-state index in [0.29, 0.717) is 58.1 Å². The van der Waals surface area contributed by atoms with Gasteiger partial charge in [-0.25, -0.2) is 9.97 Å². The molecule has 19 nitrogen and oxygen atoms in total. The number of hydrogen-bond acceptors (Lipinski definition) is 14. The van der Waals surface area contributed by atoms with Gasteiger partial charge in [0.2, 0.25) is 17.5 Å². The summed E-state index contributed by atoms with van der Waals surface area (Å²) in [5.74, 6) is -2.96. The van der Waals surface area contributed by atoms with Gasteiger partial charge in [-0.3, -0.25) is 24.0 Å². The maximum absolute atomic E-state index is 13.2. The van der Waals surface area contributed by atoms with E-state index in [-0.39, 0.29) is 121 Å². The van der Waals surface area contributed by atoms with E-state index in [0.717, 1.165) is 25.2 Å². The molecule has 6 aromatic rings. The maximum atomic E-state index is 13.2. The zero-order valence-electron chi connectivity index (χ0n) is 37.7. The molecular formula is C49H61KN8O11. The van der Waals surface area contributed by atoms with Crippen LogP contribution in [0.3, 0.4) is 0 Å². The van der Waals surface area contributed by atoms with Gasteiger partial charge in [0, 0.05) is 74.9 Å². The van der Waals surface area contributed by atoms with Gasteiger partial charge >= 0.3 is 51.4 Å². The number of ketones is 2. The number of rotatable bonds is 10. The second-order valence-electron chi connectivity index (χ2n) is 15.0. The second kappa shape index (κ2) is 27.1. The van der Waals surface area contributed by atoms with Crippen LogP contribution in [-0.2, 0) is 9.59 Å². The summed E-state index contributed by atoms with van der Waals surface area (Å²) in [5.41, 5.74) is 2.39. The summed E-state index contributed by atoms with van der Waals surface area (Å²) in [6.07, 6.45) is 5.53. The first-order chi connectivity index (χ1) is 31.3. The van der Waals surface area contributed by atoms with Crippen LogP contribution in [0.25, 0.3) is 21.8 Å². The second-order valence-corrected chi connectivity index (χ2v) is 15.0. The third-order valence-corrected chi connectivity index (χ3v) is 10.8. The van der Waals surface area contributed by atoms with Crippen molar-refractivity contribution in [2.75, 3.05) is 67.7 Å². The zero-order chi connectivity index (χ0) is 46.8. The molecule has 6 heterocycles. The van der Waals surface area contributed by atoms with Crippen LogP contribution in [0.15, 0.2) is 85.5 Å². The van der Waals surface area contributed by atoms with Crippen molar-refractivity contribution in [1.29, 1.82) is 0 Å². The summed E-state index contributed by atoms with van der Waals surface area (Å²) in [4.78, 5) is 92.1. The molecule has 0 unspecified atom stereocenters. The average molecular weight is 977 g/mol. The number of piperazine rings is 2. The predicted octanol–water partition coefficient (Wildman–Crippen LogP) is 1.68. The molecule has 2 aliphatic rings. The van der Waals surface area contributed by atoms with E-state index in [1.54, 1.807) is 17.0 Å². The number of aliphatic carboxylic acids is 1. The molecule has 2 saturated heterocycles. The number of amides is 3. The van der Waals surface area contributed by atoms with E-state index in [4.69, 9.17) is 18.9 Å². The number of Topliss-reactive ketones (excluding diaryl/α,β-unsaturated/α-hetero) is 2. The van der Waals surface area contributed by atoms with Crippen LogP contribution in [0.4, 0.5) is 0 Å². The van der Waals surface area contributed by atoms with Crippen LogP contribution in [0.2, 0.25) is 0 Å². The summed E-state index contributed by atoms with van der Waals surface area (Å²) in [7, 11) is 5.75. The molecular weight excluding hydrogens is 916 g/mol. The fraction of sp³-hybridized carbons (Fsp3) is 0.347. The Morgan fingerprint density at radius 2 is 1.07 bits per heavy atom. The van der Waals surface area contributed by atoms with Crippen molar-refractivity contribution >= 4 is 57.1 Å². The Labute approximate surface area is 444 Å². The van der Waals surface area contributed by atoms with Crippen molar-refractivity contribution in [1.82, 2.24) is 40.0 Å². The fourth-order valence-corrected chi connectivity index (χ4v) is 7.61. The van der Waals surface area contributed by atoms with E-state index in [9.17, 15) is 33.9 Å². The number of aromatic amines is 2. The molecule has 0 aliphatic carbocycles. The Balaban J connectivity index is 0.000000377. The van der Waals surface area contributed by atoms with Gasteiger partial charge in [-0.2, -0.15) is 0 Å². The zero-order valence-corrected chi connectivity index (χ0v) is 40.8. The Hall–Kier alpha value is -6.16. The summed E-state index contributed by atoms with van der Waals surface area (Å²) in [5, 5.41) is 14.7. The van der Waals surface area contributed by atoms with Crippen molar-refractivity contribution < 1.29 is 104 Å². The summed E-state index contributed by atoms with van der Waals surface area (Å²) in [6, 6.07) is 18.6. The molecule has 0 radical (unpaired) electrons. The summed E-state index contributed by atoms with van der Waals surface area (Å²) >= 11 is 0. The smallest absolute Gasteiger partial charge is 0.541 e. The average Bonchev–Trinajstić information content (AvgIpc) is 4.00. The van der Waals surface area contributed by atoms with E-state index >= 15 is 0 Å². The molecule has 2 atom stereocenters. The minimum absolute atomic E-state index is 0. The Bertz CT molecular complexity index is 2690. The number of methoxy groups -OCH3 is 4. The SMILES string of the molecule is C.C.C.COc1ncc(OC)c2c(C(=O)C(=O)N3CCN(C(=O)c4ccccc4)C[C@H]3C)c[nH]c12.COc1ncc(OC)c2c(C(=O)C(=O)[O-])c[nH]c12.C[C@@H]1CN(C(=O)c2ccccc2)CCN1.[K+]. The number of pyridine rings is 2. The topological polar surface area (TPSA) is 242 Å². The normalized spacial score (nSPS) is 14.8. The molecule has 3 amide bonds. The van der Waals surface area contributed by atoms with Crippen LogP contribution in [0.1, 0.15) is 77.6 Å². The number of carbonyl (C=O) groups is 6. The first-order valence-corrected chi connectivity index (χ1v) is 20.5. The molecule has 2 aromatic carbocycles. The number of benzene rings is 2. The number of H-pyrrole nitrogens is 2. The minimum Gasteiger partial charge on any atom is -0.541 e. The molecule has 69 heavy (non-hydrogen) atoms. The number of carboxylic acid groups (broad SMARTS) is 1. The Morgan fingerprint density at radius 3 is 1.48 bits per heavy atom. The van der Waals surface area contributed by atoms with Crippen molar-refractivity contribution in [3.8, 4) is 23.3 Å². The van der Waals surface area contributed by atoms with Gasteiger partial charge in [0.25, 0.3) is 23.5 Å². The Kier molecular flexibility index (Phi) is 23.2. The third-order valence-electron chi connectivity index (χ3n) is 10.8. The number of nitrogens with one attached hydrogen (secondary N) is 3. The van der Waals surface area contributed by atoms with Crippen LogP contribution in [-0.4, -0.2) is 150 Å². The number of fused-ring (bicyclic) bond motifs is 2. The number of nitrogens with zero attached hydrogens (tertiary/aromatic N) is 5. The van der Waals surface area contributed by atoms with Gasteiger partial charge in [-0.15, -0.1) is 0 Å². The fourth-order valence-electron chi connectivity index (χ4n) is 7.61. The standard InChI is InChI=1S/C23H24N4O5.C12H16N2O.C11H10N2O5.3CH4.K/c1-14-13-26(22(29)15-7-5-4-6-8-15)9-10-27(14)23(30)20(28)16-11-24-19-18(16)17(31-2)12-25-21(19)32-3;1-10-9-14(8-7-13-10)12(15)11-5-3-2-4-6-11;1-17-6-4-13-10(18-2)8-7(6)5(3-12-8)9(14)11(15)16;;;;/h4-8,11-12,14,24H,9-10,13H2,1-3H3;2-6,10,13H,7-9H2,1H3;3-4,12H,1-2H3,(H,15,16);3*1H4;/q;;;;;;+1/p-1/t14-;10-;;;;;/m11...../s1. The van der Waals surface area contributed by atoms with Crippen LogP contribution >= 0.6 is 0 Å². The molecule has 2 fully saturated rings. The van der Waals surface area contributed by atoms with Crippen molar-refractivity contribution in [2.24, 2.45) is 0 Å². The van der Waals surface area contributed by atoms with Gasteiger partial charge in [-0.05, 0) is 38.1 Å². The molecule has 364 valence electrons. The number of aromatic nitrogens is 4. The largest absolute Gasteiger partial charge is 1.00 e. The molecule has 0 spiro atoms. The van der Waals surface area contributed by atoms with E-state index in [1.807, 2.05) is 60.4 Å². The summed E-state index contributed by atoms with van der Waals surface area (Å²) < 4.78 is 20.6. The quantitative estimate of drug-likeness (QED) is 0.101. The van der Waals surface area contributed by atoms with Gasteiger partial charge in [0.15, 0.2) is 0 Å². The molecule has 0 saturated carbocycles. The van der Waals surface area contributed by atoms with Gasteiger partial charge in [0.05, 0.1) is 62.7 Å². The predicted molar refractivity (Wildman–Crippen MR) is 256 cm³/mol. The molecule has 8 rings (SSSR count). The molecule has 3 N–H and O–H groups in total. The monoisotopic (exact) mass is 976 g/mol. The van der Waals surface area contributed by atoms with Gasteiger partial charge < -0.3 is 58.8 Å². The molecule has 4 aromatic heterocycles. The number of ether oxygens (including phenoxy) is 4. The molecule has 0 bridgehead atoms. The van der Waals surface area contributed by atoms with Crippen molar-refractivity contribution in [3.63, 3.8) is 0 Å². The van der Waals surface area contributed by atoms with E-state index < -0.39 is 23.4 Å². The first-order valence-electron chi connectivity index (χ1n) is 20.5. The third kappa shape index (κ3) is 13.3. The first kappa shape index (κ1) is 59.0. The van der Waals surface area contributed by atoms with E-state index in [1.165, 1.54) is 58.1 Å². The molecule has 20 heteroatoms. The van der Waals surface area contributed by atoms with Crippen molar-refractivity contribution in [3.05, 3.63) is 108 Å².